The lowest BCUT2D eigenvalue weighted by atomic mass is 9.91. The number of guanidine groups is 1. The third-order valence-corrected chi connectivity index (χ3v) is 7.03. The quantitative estimate of drug-likeness (QED) is 0.782. The van der Waals surface area contributed by atoms with Crippen molar-refractivity contribution in [2.75, 3.05) is 39.3 Å². The molecule has 1 unspecified atom stereocenters. The van der Waals surface area contributed by atoms with Gasteiger partial charge in [-0.25, -0.2) is 4.21 Å². The van der Waals surface area contributed by atoms with Crippen molar-refractivity contribution in [2.45, 2.75) is 30.2 Å². The monoisotopic (exact) mass is 400 g/mol. The van der Waals surface area contributed by atoms with Crippen molar-refractivity contribution < 1.29 is 4.21 Å². The van der Waals surface area contributed by atoms with E-state index in [1.165, 1.54) is 19.3 Å². The maximum Gasteiger partial charge on any atom is 0.209 e. The van der Waals surface area contributed by atoms with Gasteiger partial charge in [0.05, 0.1) is 18.0 Å². The zero-order valence-corrected chi connectivity index (χ0v) is 16.4. The van der Waals surface area contributed by atoms with E-state index in [4.69, 9.17) is 23.2 Å². The standard InChI is InChI=1S/C17H22Cl2N4OS/c18-13-10-14(19)12-16(11-13)25(24)23-5-4-20-17(23)22-8-6-21(7-9-22)15-2-1-3-15/h10-12,15H,1-9H2. The molecule has 4 rings (SSSR count). The van der Waals surface area contributed by atoms with Crippen LogP contribution in [-0.4, -0.2) is 69.6 Å². The molecule has 1 saturated carbocycles. The molecule has 1 saturated heterocycles. The van der Waals surface area contributed by atoms with Crippen LogP contribution >= 0.6 is 23.2 Å². The van der Waals surface area contributed by atoms with Crippen molar-refractivity contribution in [3.8, 4) is 0 Å². The van der Waals surface area contributed by atoms with E-state index in [1.807, 2.05) is 4.31 Å². The van der Waals surface area contributed by atoms with Crippen molar-refractivity contribution in [2.24, 2.45) is 4.99 Å². The maximum absolute atomic E-state index is 13.0. The molecule has 1 aliphatic carbocycles. The fraction of sp³-hybridized carbons (Fsp3) is 0.588. The smallest absolute Gasteiger partial charge is 0.209 e. The Balaban J connectivity index is 1.44. The average Bonchev–Trinajstić information content (AvgIpc) is 3.02. The van der Waals surface area contributed by atoms with Crippen molar-refractivity contribution in [3.05, 3.63) is 28.2 Å². The van der Waals surface area contributed by atoms with E-state index >= 15 is 0 Å². The molecule has 2 fully saturated rings. The van der Waals surface area contributed by atoms with Gasteiger partial charge in [0.1, 0.15) is 0 Å². The summed E-state index contributed by atoms with van der Waals surface area (Å²) in [4.78, 5) is 10.1. The first-order chi connectivity index (χ1) is 12.1. The Hall–Kier alpha value is -0.820. The number of aliphatic imine (C=N–C) groups is 1. The SMILES string of the molecule is O=S(c1cc(Cl)cc(Cl)c1)N1CCN=C1N1CCN(C2CCC2)CC1. The molecule has 0 aromatic heterocycles. The van der Waals surface area contributed by atoms with Crippen LogP contribution in [0.3, 0.4) is 0 Å². The van der Waals surface area contributed by atoms with Crippen LogP contribution in [0.2, 0.25) is 10.0 Å². The first kappa shape index (κ1) is 17.6. The molecule has 8 heteroatoms. The van der Waals surface area contributed by atoms with Gasteiger partial charge >= 0.3 is 0 Å². The third kappa shape index (κ3) is 3.68. The Bertz CT molecular complexity index is 682. The highest BCUT2D eigenvalue weighted by Crippen LogP contribution is 2.27. The summed E-state index contributed by atoms with van der Waals surface area (Å²) in [5, 5.41) is 1.00. The van der Waals surface area contributed by atoms with Gasteiger partial charge in [0.25, 0.3) is 0 Å². The van der Waals surface area contributed by atoms with Gasteiger partial charge in [-0.1, -0.05) is 29.6 Å². The van der Waals surface area contributed by atoms with E-state index < -0.39 is 11.0 Å². The summed E-state index contributed by atoms with van der Waals surface area (Å²) in [5.41, 5.74) is 0. The van der Waals surface area contributed by atoms with E-state index in [2.05, 4.69) is 14.8 Å². The first-order valence-corrected chi connectivity index (χ1v) is 10.7. The predicted molar refractivity (Wildman–Crippen MR) is 103 cm³/mol. The van der Waals surface area contributed by atoms with Crippen molar-refractivity contribution >= 4 is 40.1 Å². The highest BCUT2D eigenvalue weighted by molar-refractivity contribution is 7.83. The zero-order chi connectivity index (χ0) is 17.4. The lowest BCUT2D eigenvalue weighted by Gasteiger charge is -2.44. The van der Waals surface area contributed by atoms with Crippen LogP contribution in [0, 0.1) is 0 Å². The predicted octanol–water partition coefficient (Wildman–Crippen LogP) is 2.86. The Labute approximate surface area is 161 Å². The summed E-state index contributed by atoms with van der Waals surface area (Å²) < 4.78 is 14.9. The van der Waals surface area contributed by atoms with Gasteiger partial charge < -0.3 is 4.90 Å². The summed E-state index contributed by atoms with van der Waals surface area (Å²) in [7, 11) is -1.34. The molecule has 1 atom stereocenters. The maximum atomic E-state index is 13.0. The molecule has 0 radical (unpaired) electrons. The molecule has 25 heavy (non-hydrogen) atoms. The summed E-state index contributed by atoms with van der Waals surface area (Å²) in [6.07, 6.45) is 4.05. The average molecular weight is 401 g/mol. The number of halogens is 2. The van der Waals surface area contributed by atoms with Gasteiger partial charge in [-0.15, -0.1) is 0 Å². The topological polar surface area (TPSA) is 39.2 Å². The van der Waals surface area contributed by atoms with Gasteiger partial charge in [-0.2, -0.15) is 0 Å². The highest BCUT2D eigenvalue weighted by atomic mass is 35.5. The molecule has 2 heterocycles. The number of benzene rings is 1. The fourth-order valence-electron chi connectivity index (χ4n) is 3.63. The van der Waals surface area contributed by atoms with E-state index in [0.29, 0.717) is 28.0 Å². The number of rotatable bonds is 3. The Morgan fingerprint density at radius 3 is 2.28 bits per heavy atom. The van der Waals surface area contributed by atoms with E-state index in [0.717, 1.165) is 38.2 Å². The van der Waals surface area contributed by atoms with Gasteiger partial charge in [-0.3, -0.25) is 14.2 Å². The van der Waals surface area contributed by atoms with Gasteiger partial charge in [0.15, 0.2) is 11.0 Å². The second-order valence-electron chi connectivity index (χ2n) is 6.75. The Kier molecular flexibility index (Phi) is 5.23. The van der Waals surface area contributed by atoms with Crippen molar-refractivity contribution in [3.63, 3.8) is 0 Å². The van der Waals surface area contributed by atoms with Gasteiger partial charge in [-0.05, 0) is 31.0 Å². The molecule has 0 amide bonds. The van der Waals surface area contributed by atoms with Crippen LogP contribution < -0.4 is 0 Å². The molecule has 0 bridgehead atoms. The largest absolute Gasteiger partial charge is 0.339 e. The zero-order valence-electron chi connectivity index (χ0n) is 14.0. The second kappa shape index (κ2) is 7.43. The van der Waals surface area contributed by atoms with Crippen LogP contribution in [0.25, 0.3) is 0 Å². The summed E-state index contributed by atoms with van der Waals surface area (Å²) in [6.45, 7) is 5.35. The minimum atomic E-state index is -1.34. The molecule has 3 aliphatic rings. The molecule has 0 N–H and O–H groups in total. The molecule has 0 spiro atoms. The van der Waals surface area contributed by atoms with Crippen LogP contribution in [0.1, 0.15) is 19.3 Å². The molecule has 2 aliphatic heterocycles. The number of piperazine rings is 1. The summed E-state index contributed by atoms with van der Waals surface area (Å²) in [6, 6.07) is 5.87. The first-order valence-electron chi connectivity index (χ1n) is 8.81. The van der Waals surface area contributed by atoms with Crippen LogP contribution in [0.5, 0.6) is 0 Å². The summed E-state index contributed by atoms with van der Waals surface area (Å²) >= 11 is 12.1. The van der Waals surface area contributed by atoms with E-state index in [1.54, 1.807) is 18.2 Å². The molecular weight excluding hydrogens is 379 g/mol. The lowest BCUT2D eigenvalue weighted by molar-refractivity contribution is 0.0834. The van der Waals surface area contributed by atoms with Crippen LogP contribution in [0.15, 0.2) is 28.1 Å². The van der Waals surface area contributed by atoms with Crippen molar-refractivity contribution in [1.29, 1.82) is 0 Å². The highest BCUT2D eigenvalue weighted by Gasteiger charge is 2.33. The number of hydrogen-bond acceptors (Lipinski definition) is 4. The van der Waals surface area contributed by atoms with Crippen LogP contribution in [0.4, 0.5) is 0 Å². The summed E-state index contributed by atoms with van der Waals surface area (Å²) in [5.74, 6) is 0.850. The normalized spacial score (nSPS) is 23.5. The van der Waals surface area contributed by atoms with Crippen molar-refractivity contribution in [1.82, 2.24) is 14.1 Å². The van der Waals surface area contributed by atoms with Crippen LogP contribution in [-0.2, 0) is 11.0 Å². The van der Waals surface area contributed by atoms with E-state index in [-0.39, 0.29) is 0 Å². The minimum absolute atomic E-state index is 0.502. The number of hydrogen-bond donors (Lipinski definition) is 0. The molecule has 136 valence electrons. The molecule has 1 aromatic rings. The van der Waals surface area contributed by atoms with E-state index in [9.17, 15) is 4.21 Å². The van der Waals surface area contributed by atoms with Gasteiger partial charge in [0.2, 0.25) is 5.96 Å². The minimum Gasteiger partial charge on any atom is -0.339 e. The molecular formula is C17H22Cl2N4OS. The lowest BCUT2D eigenvalue weighted by Crippen LogP contribution is -2.55. The second-order valence-corrected chi connectivity index (χ2v) is 9.03. The number of nitrogens with zero attached hydrogens (tertiary/aromatic N) is 4. The molecule has 1 aromatic carbocycles. The Morgan fingerprint density at radius 1 is 1.00 bits per heavy atom. The Morgan fingerprint density at radius 2 is 1.68 bits per heavy atom. The third-order valence-electron chi connectivity index (χ3n) is 5.21. The fourth-order valence-corrected chi connectivity index (χ4v) is 5.56. The molecule has 5 nitrogen and oxygen atoms in total. The van der Waals surface area contributed by atoms with Gasteiger partial charge in [0, 0.05) is 42.3 Å².